The molecular weight excluding hydrogens is 372 g/mol. The van der Waals surface area contributed by atoms with Gasteiger partial charge in [0.05, 0.1) is 16.7 Å². The monoisotopic (exact) mass is 392 g/mol. The molecule has 0 saturated heterocycles. The number of aromatic nitrogens is 2. The summed E-state index contributed by atoms with van der Waals surface area (Å²) in [7, 11) is 0. The van der Waals surface area contributed by atoms with Crippen molar-refractivity contribution in [2.45, 2.75) is 31.5 Å². The number of para-hydroxylation sites is 2. The Hall–Kier alpha value is -2.86. The minimum atomic E-state index is -0.126. The van der Waals surface area contributed by atoms with E-state index in [2.05, 4.69) is 4.98 Å². The number of benzene rings is 2. The van der Waals surface area contributed by atoms with Gasteiger partial charge in [0, 0.05) is 11.4 Å². The summed E-state index contributed by atoms with van der Waals surface area (Å²) >= 11 is 1.27. The normalized spacial score (nSPS) is 12.5. The molecule has 0 N–H and O–H groups in total. The van der Waals surface area contributed by atoms with Gasteiger partial charge in [-0.2, -0.15) is 0 Å². The highest BCUT2D eigenvalue weighted by Crippen LogP contribution is 2.25. The first-order valence-corrected chi connectivity index (χ1v) is 10.2. The summed E-state index contributed by atoms with van der Waals surface area (Å²) in [5.41, 5.74) is 1.26. The maximum absolute atomic E-state index is 13.0. The fraction of sp³-hybridized carbons (Fsp3) is 0.227. The maximum Gasteiger partial charge on any atom is 0.262 e. The lowest BCUT2D eigenvalue weighted by Gasteiger charge is -2.17. The van der Waals surface area contributed by atoms with Crippen molar-refractivity contribution in [3.63, 3.8) is 0 Å². The van der Waals surface area contributed by atoms with Crippen LogP contribution in [-0.2, 0) is 0 Å². The fourth-order valence-electron chi connectivity index (χ4n) is 3.12. The molecule has 5 nitrogen and oxygen atoms in total. The topological polar surface area (TPSA) is 65.1 Å². The van der Waals surface area contributed by atoms with E-state index in [-0.39, 0.29) is 23.1 Å². The minimum absolute atomic E-state index is 0.00610. The van der Waals surface area contributed by atoms with E-state index >= 15 is 0 Å². The summed E-state index contributed by atoms with van der Waals surface area (Å²) in [6.45, 7) is 4.02. The fourth-order valence-corrected chi connectivity index (χ4v) is 4.09. The molecule has 0 bridgehead atoms. The van der Waals surface area contributed by atoms with Crippen LogP contribution in [0.25, 0.3) is 21.9 Å². The van der Waals surface area contributed by atoms with Crippen molar-refractivity contribution in [1.82, 2.24) is 9.55 Å². The molecule has 2 aromatic heterocycles. The Balaban J connectivity index is 1.66. The van der Waals surface area contributed by atoms with Crippen molar-refractivity contribution in [2.75, 3.05) is 5.75 Å². The van der Waals surface area contributed by atoms with E-state index in [1.165, 1.54) is 11.8 Å². The van der Waals surface area contributed by atoms with Crippen molar-refractivity contribution in [3.05, 3.63) is 70.7 Å². The van der Waals surface area contributed by atoms with Crippen LogP contribution in [0.3, 0.4) is 0 Å². The van der Waals surface area contributed by atoms with E-state index in [1.54, 1.807) is 16.7 Å². The van der Waals surface area contributed by atoms with E-state index in [9.17, 15) is 9.59 Å². The van der Waals surface area contributed by atoms with Gasteiger partial charge in [0.1, 0.15) is 5.58 Å². The number of thioether (sulfide) groups is 1. The summed E-state index contributed by atoms with van der Waals surface area (Å²) in [5, 5.41) is 2.05. The molecule has 6 heteroatoms. The predicted octanol–water partition coefficient (Wildman–Crippen LogP) is 5.09. The zero-order chi connectivity index (χ0) is 19.7. The van der Waals surface area contributed by atoms with Gasteiger partial charge in [-0.05, 0) is 37.6 Å². The molecule has 28 heavy (non-hydrogen) atoms. The first kappa shape index (κ1) is 18.5. The summed E-state index contributed by atoms with van der Waals surface area (Å²) in [6.07, 6.45) is 0.797. The molecule has 2 heterocycles. The van der Waals surface area contributed by atoms with E-state index in [0.29, 0.717) is 27.4 Å². The average Bonchev–Trinajstić information content (AvgIpc) is 3.16. The molecule has 4 aromatic rings. The van der Waals surface area contributed by atoms with Gasteiger partial charge in [-0.3, -0.25) is 14.2 Å². The molecule has 0 aliphatic carbocycles. The molecule has 0 aliphatic rings. The Labute approximate surface area is 166 Å². The lowest BCUT2D eigenvalue weighted by atomic mass is 10.2. The van der Waals surface area contributed by atoms with Crippen LogP contribution in [0.1, 0.15) is 36.9 Å². The third-order valence-corrected chi connectivity index (χ3v) is 5.79. The Bertz CT molecular complexity index is 1190. The molecular formula is C22H20N2O3S. The van der Waals surface area contributed by atoms with Crippen molar-refractivity contribution >= 4 is 39.4 Å². The summed E-state index contributed by atoms with van der Waals surface area (Å²) < 4.78 is 7.35. The highest BCUT2D eigenvalue weighted by molar-refractivity contribution is 7.99. The molecule has 0 saturated carbocycles. The lowest BCUT2D eigenvalue weighted by Crippen LogP contribution is -2.26. The lowest BCUT2D eigenvalue weighted by molar-refractivity contribution is 0.0994. The standard InChI is InChI=1S/C22H20N2O3S/c1-3-14(2)24-21(26)16-9-5-6-10-17(16)23-22(24)28-13-18(25)20-12-15-8-4-7-11-19(15)27-20/h4-12,14H,3,13H2,1-2H3/t14-/m1/s1. The van der Waals surface area contributed by atoms with Gasteiger partial charge in [0.25, 0.3) is 5.56 Å². The molecule has 0 amide bonds. The SMILES string of the molecule is CC[C@@H](C)n1c(SCC(=O)c2cc3ccccc3o2)nc2ccccc2c1=O. The van der Waals surface area contributed by atoms with Crippen LogP contribution in [0.4, 0.5) is 0 Å². The maximum atomic E-state index is 13.0. The Morgan fingerprint density at radius 2 is 1.93 bits per heavy atom. The number of ketones is 1. The van der Waals surface area contributed by atoms with Crippen LogP contribution in [0.15, 0.2) is 69.0 Å². The van der Waals surface area contributed by atoms with Crippen molar-refractivity contribution in [1.29, 1.82) is 0 Å². The summed E-state index contributed by atoms with van der Waals surface area (Å²) in [5.74, 6) is 0.354. The van der Waals surface area contributed by atoms with Gasteiger partial charge in [-0.25, -0.2) is 4.98 Å². The number of carbonyl (C=O) groups excluding carboxylic acids is 1. The molecule has 0 spiro atoms. The van der Waals surface area contributed by atoms with Crippen LogP contribution >= 0.6 is 11.8 Å². The number of rotatable bonds is 6. The summed E-state index contributed by atoms with van der Waals surface area (Å²) in [4.78, 5) is 30.3. The van der Waals surface area contributed by atoms with Gasteiger partial charge in [-0.15, -0.1) is 0 Å². The Morgan fingerprint density at radius 3 is 2.71 bits per heavy atom. The number of fused-ring (bicyclic) bond motifs is 2. The number of hydrogen-bond donors (Lipinski definition) is 0. The molecule has 0 radical (unpaired) electrons. The average molecular weight is 392 g/mol. The van der Waals surface area contributed by atoms with E-state index in [1.807, 2.05) is 56.3 Å². The predicted molar refractivity (Wildman–Crippen MR) is 112 cm³/mol. The molecule has 0 unspecified atom stereocenters. The van der Waals surface area contributed by atoms with Crippen molar-refractivity contribution < 1.29 is 9.21 Å². The van der Waals surface area contributed by atoms with E-state index in [4.69, 9.17) is 4.42 Å². The quantitative estimate of drug-likeness (QED) is 0.260. The largest absolute Gasteiger partial charge is 0.453 e. The Kier molecular flexibility index (Phi) is 5.05. The number of nitrogens with zero attached hydrogens (tertiary/aromatic N) is 2. The van der Waals surface area contributed by atoms with Gasteiger partial charge in [-0.1, -0.05) is 49.0 Å². The molecule has 1 atom stereocenters. The number of Topliss-reactive ketones (excluding diaryl/α,β-unsaturated/α-hetero) is 1. The zero-order valence-corrected chi connectivity index (χ0v) is 16.5. The van der Waals surface area contributed by atoms with Crippen LogP contribution in [0.2, 0.25) is 0 Å². The van der Waals surface area contributed by atoms with Gasteiger partial charge < -0.3 is 4.42 Å². The minimum Gasteiger partial charge on any atom is -0.453 e. The van der Waals surface area contributed by atoms with E-state index < -0.39 is 0 Å². The van der Waals surface area contributed by atoms with Crippen LogP contribution < -0.4 is 5.56 Å². The number of carbonyl (C=O) groups is 1. The zero-order valence-electron chi connectivity index (χ0n) is 15.7. The molecule has 4 rings (SSSR count). The van der Waals surface area contributed by atoms with Gasteiger partial charge in [0.15, 0.2) is 10.9 Å². The molecule has 0 aliphatic heterocycles. The van der Waals surface area contributed by atoms with Crippen LogP contribution in [0.5, 0.6) is 0 Å². The second-order valence-corrected chi connectivity index (χ2v) is 7.65. The molecule has 0 fully saturated rings. The first-order chi connectivity index (χ1) is 13.6. The van der Waals surface area contributed by atoms with Crippen molar-refractivity contribution in [2.24, 2.45) is 0 Å². The van der Waals surface area contributed by atoms with E-state index in [0.717, 1.165) is 11.8 Å². The van der Waals surface area contributed by atoms with Crippen LogP contribution in [-0.4, -0.2) is 21.1 Å². The second-order valence-electron chi connectivity index (χ2n) is 6.70. The number of hydrogen-bond acceptors (Lipinski definition) is 5. The van der Waals surface area contributed by atoms with Gasteiger partial charge >= 0.3 is 0 Å². The highest BCUT2D eigenvalue weighted by Gasteiger charge is 2.18. The second kappa shape index (κ2) is 7.64. The first-order valence-electron chi connectivity index (χ1n) is 9.24. The highest BCUT2D eigenvalue weighted by atomic mass is 32.2. The van der Waals surface area contributed by atoms with Crippen molar-refractivity contribution in [3.8, 4) is 0 Å². The molecule has 2 aromatic carbocycles. The van der Waals surface area contributed by atoms with Gasteiger partial charge in [0.2, 0.25) is 5.78 Å². The third kappa shape index (κ3) is 3.36. The third-order valence-electron chi connectivity index (χ3n) is 4.84. The Morgan fingerprint density at radius 1 is 1.18 bits per heavy atom. The summed E-state index contributed by atoms with van der Waals surface area (Å²) in [6, 6.07) is 16.6. The van der Waals surface area contributed by atoms with Crippen LogP contribution in [0, 0.1) is 0 Å². The smallest absolute Gasteiger partial charge is 0.262 e. The molecule has 142 valence electrons. The number of furan rings is 1.